The highest BCUT2D eigenvalue weighted by Crippen LogP contribution is 2.33. The monoisotopic (exact) mass is 389 g/mol. The Bertz CT molecular complexity index is 1010. The van der Waals surface area contributed by atoms with Crippen LogP contribution in [0.1, 0.15) is 46.2 Å². The zero-order chi connectivity index (χ0) is 20.2. The lowest BCUT2D eigenvalue weighted by Crippen LogP contribution is -2.39. The second-order valence-electron chi connectivity index (χ2n) is 7.21. The topological polar surface area (TPSA) is 81.1 Å². The summed E-state index contributed by atoms with van der Waals surface area (Å²) in [7, 11) is 0. The summed E-state index contributed by atoms with van der Waals surface area (Å²) in [5, 5.41) is 0. The van der Waals surface area contributed by atoms with E-state index in [9.17, 15) is 4.79 Å². The van der Waals surface area contributed by atoms with Crippen LogP contribution in [0.25, 0.3) is 0 Å². The third-order valence-electron chi connectivity index (χ3n) is 5.11. The van der Waals surface area contributed by atoms with Crippen molar-refractivity contribution < 1.29 is 9.53 Å². The van der Waals surface area contributed by atoms with E-state index in [2.05, 4.69) is 19.9 Å². The lowest BCUT2D eigenvalue weighted by Gasteiger charge is -2.32. The number of hydrogen-bond donors (Lipinski definition) is 0. The number of amides is 1. The lowest BCUT2D eigenvalue weighted by atomic mass is 9.94. The largest absolute Gasteiger partial charge is 0.435 e. The summed E-state index contributed by atoms with van der Waals surface area (Å²) in [4.78, 5) is 32.2. The molecule has 0 aromatic carbocycles. The Morgan fingerprint density at radius 1 is 1.07 bits per heavy atom. The zero-order valence-electron chi connectivity index (χ0n) is 16.6. The van der Waals surface area contributed by atoms with E-state index in [0.29, 0.717) is 23.7 Å². The number of hydrogen-bond acceptors (Lipinski definition) is 6. The molecule has 1 fully saturated rings. The van der Waals surface area contributed by atoms with Crippen LogP contribution in [0.5, 0.6) is 11.6 Å². The van der Waals surface area contributed by atoms with Crippen molar-refractivity contribution >= 4 is 5.91 Å². The molecule has 1 amide bonds. The molecule has 29 heavy (non-hydrogen) atoms. The molecule has 0 bridgehead atoms. The van der Waals surface area contributed by atoms with Crippen LogP contribution in [0.4, 0.5) is 0 Å². The van der Waals surface area contributed by atoms with Gasteiger partial charge in [0.15, 0.2) is 5.75 Å². The second-order valence-corrected chi connectivity index (χ2v) is 7.21. The predicted octanol–water partition coefficient (Wildman–Crippen LogP) is 3.70. The molecule has 1 atom stereocenters. The van der Waals surface area contributed by atoms with Gasteiger partial charge in [0, 0.05) is 49.5 Å². The summed E-state index contributed by atoms with van der Waals surface area (Å²) < 4.78 is 6.04. The van der Waals surface area contributed by atoms with Crippen LogP contribution in [0.3, 0.4) is 0 Å². The van der Waals surface area contributed by atoms with Crippen LogP contribution in [0.2, 0.25) is 0 Å². The Morgan fingerprint density at radius 3 is 2.72 bits per heavy atom. The molecule has 4 rings (SSSR count). The highest BCUT2D eigenvalue weighted by atomic mass is 16.5. The first-order valence-corrected chi connectivity index (χ1v) is 9.74. The van der Waals surface area contributed by atoms with E-state index < -0.39 is 0 Å². The molecule has 148 valence electrons. The highest BCUT2D eigenvalue weighted by Gasteiger charge is 2.29. The minimum absolute atomic E-state index is 0.00309. The van der Waals surface area contributed by atoms with Gasteiger partial charge in [0.1, 0.15) is 5.69 Å². The third-order valence-corrected chi connectivity index (χ3v) is 5.11. The van der Waals surface area contributed by atoms with Crippen molar-refractivity contribution in [1.29, 1.82) is 0 Å². The first kappa shape index (κ1) is 19.0. The number of nitrogens with zero attached hydrogens (tertiary/aromatic N) is 5. The molecular formula is C22H23N5O2. The van der Waals surface area contributed by atoms with Gasteiger partial charge in [-0.2, -0.15) is 0 Å². The fraction of sp³-hybridized carbons (Fsp3) is 0.318. The predicted molar refractivity (Wildman–Crippen MR) is 108 cm³/mol. The van der Waals surface area contributed by atoms with Crippen molar-refractivity contribution in [3.05, 3.63) is 71.7 Å². The molecule has 7 heteroatoms. The van der Waals surface area contributed by atoms with Crippen molar-refractivity contribution in [2.24, 2.45) is 0 Å². The number of pyridine rings is 2. The maximum atomic E-state index is 12.9. The van der Waals surface area contributed by atoms with Crippen LogP contribution in [-0.2, 0) is 0 Å². The van der Waals surface area contributed by atoms with E-state index in [1.807, 2.05) is 43.0 Å². The van der Waals surface area contributed by atoms with Gasteiger partial charge in [0.25, 0.3) is 5.91 Å². The van der Waals surface area contributed by atoms with Gasteiger partial charge >= 0.3 is 0 Å². The normalized spacial score (nSPS) is 16.5. The van der Waals surface area contributed by atoms with E-state index in [4.69, 9.17) is 4.74 Å². The number of likely N-dealkylation sites (tertiary alicyclic amines) is 1. The van der Waals surface area contributed by atoms with Gasteiger partial charge in [-0.3, -0.25) is 19.7 Å². The number of piperidine rings is 1. The minimum Gasteiger partial charge on any atom is -0.435 e. The number of aryl methyl sites for hydroxylation is 2. The van der Waals surface area contributed by atoms with E-state index in [0.717, 1.165) is 36.5 Å². The standard InChI is InChI=1S/C22H23N5O2/c1-15-7-8-17(13-26-15)22(28)27-12-4-5-18(14-27)20-21(25-11-10-24-20)29-19-6-3-9-23-16(19)2/h3,6-11,13,18H,4-5,12,14H2,1-2H3. The average molecular weight is 389 g/mol. The van der Waals surface area contributed by atoms with Gasteiger partial charge in [-0.1, -0.05) is 0 Å². The molecule has 4 heterocycles. The van der Waals surface area contributed by atoms with Crippen LogP contribution in [0, 0.1) is 13.8 Å². The van der Waals surface area contributed by atoms with Gasteiger partial charge in [-0.25, -0.2) is 4.98 Å². The van der Waals surface area contributed by atoms with Crippen molar-refractivity contribution in [1.82, 2.24) is 24.8 Å². The SMILES string of the molecule is Cc1ccc(C(=O)N2CCCC(c3nccnc3Oc3cccnc3C)C2)cn1. The first-order chi connectivity index (χ1) is 14.1. The van der Waals surface area contributed by atoms with E-state index >= 15 is 0 Å². The number of carbonyl (C=O) groups excluding carboxylic acids is 1. The summed E-state index contributed by atoms with van der Waals surface area (Å²) in [6.45, 7) is 5.10. The highest BCUT2D eigenvalue weighted by molar-refractivity contribution is 5.94. The minimum atomic E-state index is -0.00309. The molecule has 1 aliphatic rings. The molecule has 0 N–H and O–H groups in total. The van der Waals surface area contributed by atoms with Gasteiger partial charge in [-0.05, 0) is 51.0 Å². The summed E-state index contributed by atoms with van der Waals surface area (Å²) in [6.07, 6.45) is 8.49. The Kier molecular flexibility index (Phi) is 5.46. The fourth-order valence-corrected chi connectivity index (χ4v) is 3.54. The second kappa shape index (κ2) is 8.34. The average Bonchev–Trinajstić information content (AvgIpc) is 2.76. The van der Waals surface area contributed by atoms with Crippen LogP contribution < -0.4 is 4.74 Å². The molecule has 0 spiro atoms. The number of aromatic nitrogens is 4. The molecule has 1 saturated heterocycles. The fourth-order valence-electron chi connectivity index (χ4n) is 3.54. The molecule has 0 radical (unpaired) electrons. The summed E-state index contributed by atoms with van der Waals surface area (Å²) in [5.41, 5.74) is 3.06. The van der Waals surface area contributed by atoms with E-state index in [-0.39, 0.29) is 11.8 Å². The molecule has 1 unspecified atom stereocenters. The lowest BCUT2D eigenvalue weighted by molar-refractivity contribution is 0.0704. The Balaban J connectivity index is 1.55. The van der Waals surface area contributed by atoms with Gasteiger partial charge in [-0.15, -0.1) is 0 Å². The molecule has 3 aromatic rings. The van der Waals surface area contributed by atoms with Gasteiger partial charge in [0.05, 0.1) is 11.3 Å². The molecular weight excluding hydrogens is 366 g/mol. The first-order valence-electron chi connectivity index (χ1n) is 9.74. The summed E-state index contributed by atoms with van der Waals surface area (Å²) >= 11 is 0. The Labute approximate surface area is 169 Å². The number of ether oxygens (including phenoxy) is 1. The molecule has 7 nitrogen and oxygen atoms in total. The number of rotatable bonds is 4. The summed E-state index contributed by atoms with van der Waals surface area (Å²) in [5.74, 6) is 1.19. The third kappa shape index (κ3) is 4.23. The van der Waals surface area contributed by atoms with Crippen LogP contribution in [0.15, 0.2) is 49.1 Å². The number of carbonyl (C=O) groups is 1. The molecule has 1 aliphatic heterocycles. The van der Waals surface area contributed by atoms with Crippen molar-refractivity contribution in [2.75, 3.05) is 13.1 Å². The molecule has 3 aromatic heterocycles. The maximum absolute atomic E-state index is 12.9. The van der Waals surface area contributed by atoms with Crippen LogP contribution >= 0.6 is 0 Å². The molecule has 0 saturated carbocycles. The maximum Gasteiger partial charge on any atom is 0.255 e. The van der Waals surface area contributed by atoms with Crippen molar-refractivity contribution in [3.63, 3.8) is 0 Å². The quantitative estimate of drug-likeness (QED) is 0.677. The van der Waals surface area contributed by atoms with Crippen molar-refractivity contribution in [2.45, 2.75) is 32.6 Å². The van der Waals surface area contributed by atoms with Gasteiger partial charge in [0.2, 0.25) is 5.88 Å². The van der Waals surface area contributed by atoms with E-state index in [1.54, 1.807) is 24.8 Å². The van der Waals surface area contributed by atoms with Gasteiger partial charge < -0.3 is 9.64 Å². The Morgan fingerprint density at radius 2 is 1.93 bits per heavy atom. The Hall–Kier alpha value is -3.35. The van der Waals surface area contributed by atoms with E-state index in [1.165, 1.54) is 0 Å². The zero-order valence-corrected chi connectivity index (χ0v) is 16.6. The summed E-state index contributed by atoms with van der Waals surface area (Å²) in [6, 6.07) is 7.38. The smallest absolute Gasteiger partial charge is 0.255 e. The van der Waals surface area contributed by atoms with Crippen molar-refractivity contribution in [3.8, 4) is 11.6 Å². The molecule has 0 aliphatic carbocycles. The van der Waals surface area contributed by atoms with Crippen LogP contribution in [-0.4, -0.2) is 43.8 Å².